The van der Waals surface area contributed by atoms with Crippen LogP contribution < -0.4 is 10.8 Å². The van der Waals surface area contributed by atoms with E-state index < -0.39 is 39.8 Å². The zero-order valence-corrected chi connectivity index (χ0v) is 17.9. The second-order valence-corrected chi connectivity index (χ2v) is 10.5. The molecule has 0 atom stereocenters. The summed E-state index contributed by atoms with van der Waals surface area (Å²) >= 11 is 0. The number of hydrogen-bond donors (Lipinski definition) is 1. The highest BCUT2D eigenvalue weighted by Gasteiger charge is 2.52. The lowest BCUT2D eigenvalue weighted by Gasteiger charge is -2.32. The van der Waals surface area contributed by atoms with Crippen LogP contribution in [-0.2, 0) is 24.9 Å². The Morgan fingerprint density at radius 3 is 2.10 bits per heavy atom. The summed E-state index contributed by atoms with van der Waals surface area (Å²) in [4.78, 5) is 0. The molecule has 0 amide bonds. The monoisotopic (exact) mass is 423 g/mol. The van der Waals surface area contributed by atoms with Crippen molar-refractivity contribution in [2.75, 3.05) is 11.6 Å². The Morgan fingerprint density at radius 1 is 0.966 bits per heavy atom. The highest BCUT2D eigenvalue weighted by molar-refractivity contribution is 7.89. The van der Waals surface area contributed by atoms with Crippen LogP contribution in [0, 0.1) is 11.6 Å². The average Bonchev–Trinajstić information content (AvgIpc) is 2.77. The van der Waals surface area contributed by atoms with Crippen molar-refractivity contribution in [1.29, 1.82) is 0 Å². The Bertz CT molecular complexity index is 1020. The summed E-state index contributed by atoms with van der Waals surface area (Å²) in [6.07, 6.45) is 1.15. The molecule has 1 N–H and O–H groups in total. The quantitative estimate of drug-likeness (QED) is 0.746. The molecule has 3 rings (SSSR count). The molecule has 2 aromatic carbocycles. The van der Waals surface area contributed by atoms with E-state index in [0.29, 0.717) is 16.7 Å². The second kappa shape index (κ2) is 7.38. The van der Waals surface area contributed by atoms with Gasteiger partial charge >= 0.3 is 7.12 Å². The Kier molecular flexibility index (Phi) is 5.53. The van der Waals surface area contributed by atoms with Gasteiger partial charge in [-0.15, -0.1) is 0 Å². The molecular formula is C20H24BF2NO4S. The summed E-state index contributed by atoms with van der Waals surface area (Å²) < 4.78 is 63.0. The van der Waals surface area contributed by atoms with Crippen LogP contribution in [0.5, 0.6) is 0 Å². The van der Waals surface area contributed by atoms with Crippen LogP contribution in [0.3, 0.4) is 0 Å². The van der Waals surface area contributed by atoms with E-state index in [2.05, 4.69) is 5.32 Å². The fourth-order valence-electron chi connectivity index (χ4n) is 3.02. The van der Waals surface area contributed by atoms with Gasteiger partial charge in [-0.3, -0.25) is 0 Å². The van der Waals surface area contributed by atoms with Crippen LogP contribution in [0.25, 0.3) is 0 Å². The first-order chi connectivity index (χ1) is 13.3. The molecule has 2 aromatic rings. The number of sulfone groups is 1. The molecule has 29 heavy (non-hydrogen) atoms. The molecule has 1 aliphatic heterocycles. The van der Waals surface area contributed by atoms with Gasteiger partial charge in [0.15, 0.2) is 9.84 Å². The van der Waals surface area contributed by atoms with Gasteiger partial charge in [-0.2, -0.15) is 0 Å². The van der Waals surface area contributed by atoms with E-state index in [-0.39, 0.29) is 11.4 Å². The van der Waals surface area contributed by atoms with E-state index in [1.807, 2.05) is 27.7 Å². The molecule has 1 aliphatic rings. The standard InChI is InChI=1S/C20H24BF2NO4S/c1-19(2)20(3,4)28-21(27-19)15-10-13(12-29(5,25)26)6-8-17(15)24-18-9-7-14(22)11-16(18)23/h6-11,24H,12H2,1-5H3. The maximum atomic E-state index is 14.1. The molecule has 0 saturated carbocycles. The normalized spacial score (nSPS) is 18.1. The third-order valence-corrected chi connectivity index (χ3v) is 6.11. The number of halogens is 2. The lowest BCUT2D eigenvalue weighted by atomic mass is 9.77. The predicted molar refractivity (Wildman–Crippen MR) is 110 cm³/mol. The molecule has 1 saturated heterocycles. The first-order valence-corrected chi connectivity index (χ1v) is 11.2. The fourth-order valence-corrected chi connectivity index (χ4v) is 3.80. The van der Waals surface area contributed by atoms with Crippen molar-refractivity contribution in [3.8, 4) is 0 Å². The SMILES string of the molecule is CC1(C)OB(c2cc(CS(C)(=O)=O)ccc2Nc2ccc(F)cc2F)OC1(C)C. The molecule has 1 fully saturated rings. The smallest absolute Gasteiger partial charge is 0.399 e. The lowest BCUT2D eigenvalue weighted by molar-refractivity contribution is 0.00578. The van der Waals surface area contributed by atoms with Crippen molar-refractivity contribution in [3.05, 3.63) is 53.6 Å². The van der Waals surface area contributed by atoms with Crippen LogP contribution in [0.1, 0.15) is 33.3 Å². The van der Waals surface area contributed by atoms with Crippen molar-refractivity contribution < 1.29 is 26.5 Å². The molecule has 0 aromatic heterocycles. The second-order valence-electron chi connectivity index (χ2n) is 8.33. The van der Waals surface area contributed by atoms with E-state index in [4.69, 9.17) is 9.31 Å². The topological polar surface area (TPSA) is 64.6 Å². The average molecular weight is 423 g/mol. The van der Waals surface area contributed by atoms with Gasteiger partial charge in [0.1, 0.15) is 11.6 Å². The van der Waals surface area contributed by atoms with Gasteiger partial charge in [-0.1, -0.05) is 12.1 Å². The number of rotatable bonds is 5. The van der Waals surface area contributed by atoms with Gasteiger partial charge in [0.05, 0.1) is 22.6 Å². The van der Waals surface area contributed by atoms with Crippen molar-refractivity contribution in [2.45, 2.75) is 44.6 Å². The zero-order valence-electron chi connectivity index (χ0n) is 17.0. The van der Waals surface area contributed by atoms with Crippen molar-refractivity contribution in [1.82, 2.24) is 0 Å². The maximum absolute atomic E-state index is 14.1. The largest absolute Gasteiger partial charge is 0.496 e. The van der Waals surface area contributed by atoms with E-state index in [1.165, 1.54) is 6.07 Å². The minimum absolute atomic E-state index is 0.0834. The van der Waals surface area contributed by atoms with Crippen molar-refractivity contribution in [2.24, 2.45) is 0 Å². The Morgan fingerprint density at radius 2 is 1.55 bits per heavy atom. The number of benzene rings is 2. The minimum Gasteiger partial charge on any atom is -0.399 e. The number of nitrogens with one attached hydrogen (secondary N) is 1. The van der Waals surface area contributed by atoms with Crippen LogP contribution in [0.2, 0.25) is 0 Å². The fraction of sp³-hybridized carbons (Fsp3) is 0.400. The van der Waals surface area contributed by atoms with E-state index >= 15 is 0 Å². The van der Waals surface area contributed by atoms with Gasteiger partial charge in [0.25, 0.3) is 0 Å². The molecule has 0 bridgehead atoms. The summed E-state index contributed by atoms with van der Waals surface area (Å²) in [7, 11) is -4.04. The van der Waals surface area contributed by atoms with Gasteiger partial charge in [-0.25, -0.2) is 17.2 Å². The van der Waals surface area contributed by atoms with Crippen LogP contribution in [0.15, 0.2) is 36.4 Å². The lowest BCUT2D eigenvalue weighted by Crippen LogP contribution is -2.41. The van der Waals surface area contributed by atoms with Gasteiger partial charge in [0, 0.05) is 23.5 Å². The Balaban J connectivity index is 2.04. The zero-order chi connectivity index (χ0) is 21.6. The molecule has 0 unspecified atom stereocenters. The van der Waals surface area contributed by atoms with Crippen LogP contribution >= 0.6 is 0 Å². The Hall–Kier alpha value is -1.97. The van der Waals surface area contributed by atoms with Crippen LogP contribution in [-0.4, -0.2) is 33.0 Å². The van der Waals surface area contributed by atoms with Gasteiger partial charge in [0.2, 0.25) is 0 Å². The highest BCUT2D eigenvalue weighted by Crippen LogP contribution is 2.37. The van der Waals surface area contributed by atoms with Gasteiger partial charge < -0.3 is 14.6 Å². The minimum atomic E-state index is -3.25. The summed E-state index contributed by atoms with van der Waals surface area (Å²) in [5, 5.41) is 2.94. The molecule has 5 nitrogen and oxygen atoms in total. The van der Waals surface area contributed by atoms with Gasteiger partial charge in [-0.05, 0) is 51.5 Å². The summed E-state index contributed by atoms with van der Waals surface area (Å²) in [6.45, 7) is 7.61. The number of anilines is 2. The van der Waals surface area contributed by atoms with Crippen molar-refractivity contribution in [3.63, 3.8) is 0 Å². The molecule has 0 spiro atoms. The molecule has 0 aliphatic carbocycles. The molecule has 1 heterocycles. The molecular weight excluding hydrogens is 399 g/mol. The Labute approximate surface area is 170 Å². The van der Waals surface area contributed by atoms with Crippen molar-refractivity contribution >= 4 is 33.8 Å². The number of hydrogen-bond acceptors (Lipinski definition) is 5. The first-order valence-electron chi connectivity index (χ1n) is 9.16. The molecule has 156 valence electrons. The van der Waals surface area contributed by atoms with E-state index in [0.717, 1.165) is 18.4 Å². The molecule has 0 radical (unpaired) electrons. The van der Waals surface area contributed by atoms with E-state index in [1.54, 1.807) is 18.2 Å². The summed E-state index contributed by atoms with van der Waals surface area (Å²) in [6, 6.07) is 8.19. The third kappa shape index (κ3) is 4.79. The summed E-state index contributed by atoms with van der Waals surface area (Å²) in [5.41, 5.74) is 0.438. The predicted octanol–water partition coefficient (Wildman–Crippen LogP) is 3.55. The van der Waals surface area contributed by atoms with Crippen LogP contribution in [0.4, 0.5) is 20.2 Å². The maximum Gasteiger partial charge on any atom is 0.496 e. The molecule has 9 heteroatoms. The summed E-state index contributed by atoms with van der Waals surface area (Å²) in [5.74, 6) is -1.57. The highest BCUT2D eigenvalue weighted by atomic mass is 32.2. The van der Waals surface area contributed by atoms with E-state index in [9.17, 15) is 17.2 Å². The first kappa shape index (κ1) is 21.7. The third-order valence-electron chi connectivity index (χ3n) is 5.25.